The van der Waals surface area contributed by atoms with Gasteiger partial charge in [-0.1, -0.05) is 43.2 Å². The van der Waals surface area contributed by atoms with Gasteiger partial charge in [-0.25, -0.2) is 0 Å². The molecule has 3 nitrogen and oxygen atoms in total. The molecule has 3 heteroatoms. The zero-order valence-corrected chi connectivity index (χ0v) is 12.4. The summed E-state index contributed by atoms with van der Waals surface area (Å²) in [6.45, 7) is 0. The molecule has 0 saturated carbocycles. The van der Waals surface area contributed by atoms with E-state index in [1.165, 1.54) is 19.3 Å². The van der Waals surface area contributed by atoms with Crippen LogP contribution in [-0.4, -0.2) is 18.2 Å². The number of rotatable bonds is 1. The van der Waals surface area contributed by atoms with Crippen LogP contribution in [0.4, 0.5) is 0 Å². The number of amides is 1. The number of carbonyl (C=O) groups excluding carboxylic acids is 2. The molecule has 1 heterocycles. The Labute approximate surface area is 126 Å². The fourth-order valence-electron chi connectivity index (χ4n) is 2.65. The van der Waals surface area contributed by atoms with Crippen molar-refractivity contribution in [1.29, 1.82) is 0 Å². The number of fused-ring (bicyclic) bond motifs is 1. The predicted octanol–water partition coefficient (Wildman–Crippen LogP) is 3.44. The highest BCUT2D eigenvalue weighted by molar-refractivity contribution is 5.97. The van der Waals surface area contributed by atoms with Crippen molar-refractivity contribution in [3.05, 3.63) is 47.5 Å². The van der Waals surface area contributed by atoms with E-state index in [-0.39, 0.29) is 5.91 Å². The van der Waals surface area contributed by atoms with E-state index < -0.39 is 6.04 Å². The van der Waals surface area contributed by atoms with Gasteiger partial charge < -0.3 is 10.1 Å². The zero-order valence-electron chi connectivity index (χ0n) is 12.4. The van der Waals surface area contributed by atoms with E-state index in [2.05, 4.69) is 11.4 Å². The van der Waals surface area contributed by atoms with Crippen LogP contribution in [0, 0.1) is 0 Å². The third-order valence-electron chi connectivity index (χ3n) is 3.87. The first-order valence-corrected chi connectivity index (χ1v) is 7.80. The van der Waals surface area contributed by atoms with Gasteiger partial charge in [-0.2, -0.15) is 0 Å². The van der Waals surface area contributed by atoms with Gasteiger partial charge in [-0.15, -0.1) is 0 Å². The molecule has 1 N–H and O–H groups in total. The first-order valence-electron chi connectivity index (χ1n) is 7.80. The lowest BCUT2D eigenvalue weighted by molar-refractivity contribution is -0.109. The molecule has 2 rings (SSSR count). The molecule has 0 fully saturated rings. The number of nitrogens with one attached hydrogen (secondary N) is 1. The van der Waals surface area contributed by atoms with E-state index in [0.29, 0.717) is 12.0 Å². The number of allylic oxidation sites excluding steroid dienone is 1. The Morgan fingerprint density at radius 2 is 1.86 bits per heavy atom. The Kier molecular flexibility index (Phi) is 6.20. The first-order chi connectivity index (χ1) is 10.3. The lowest BCUT2D eigenvalue weighted by Gasteiger charge is -2.14. The molecule has 0 unspecified atom stereocenters. The lowest BCUT2D eigenvalue weighted by atomic mass is 9.99. The lowest BCUT2D eigenvalue weighted by Crippen LogP contribution is -2.36. The van der Waals surface area contributed by atoms with Gasteiger partial charge in [0.15, 0.2) is 0 Å². The molecule has 1 atom stereocenters. The highest BCUT2D eigenvalue weighted by Crippen LogP contribution is 2.15. The van der Waals surface area contributed by atoms with Crippen LogP contribution in [0.25, 0.3) is 0 Å². The molecule has 0 aromatic heterocycles. The Bertz CT molecular complexity index is 508. The Balaban J connectivity index is 2.16. The summed E-state index contributed by atoms with van der Waals surface area (Å²) in [4.78, 5) is 23.5. The largest absolute Gasteiger partial charge is 0.342 e. The van der Waals surface area contributed by atoms with Crippen molar-refractivity contribution in [1.82, 2.24) is 5.32 Å². The fraction of sp³-hybridized carbons (Fsp3) is 0.444. The minimum atomic E-state index is -0.440. The molecule has 0 saturated heterocycles. The van der Waals surface area contributed by atoms with Crippen LogP contribution in [0.5, 0.6) is 0 Å². The highest BCUT2D eigenvalue weighted by atomic mass is 16.2. The first kappa shape index (κ1) is 15.5. The van der Waals surface area contributed by atoms with Gasteiger partial charge >= 0.3 is 0 Å². The van der Waals surface area contributed by atoms with Crippen molar-refractivity contribution >= 4 is 12.2 Å². The topological polar surface area (TPSA) is 46.2 Å². The summed E-state index contributed by atoms with van der Waals surface area (Å²) in [5, 5.41) is 2.82. The number of carbonyl (C=O) groups is 2. The molecule has 1 amide bonds. The van der Waals surface area contributed by atoms with Crippen LogP contribution < -0.4 is 5.32 Å². The van der Waals surface area contributed by atoms with Crippen LogP contribution in [0.1, 0.15) is 54.4 Å². The average Bonchev–Trinajstić information content (AvgIpc) is 2.51. The quantitative estimate of drug-likeness (QED) is 0.634. The summed E-state index contributed by atoms with van der Waals surface area (Å²) in [5.74, 6) is -0.145. The average molecular weight is 285 g/mol. The van der Waals surface area contributed by atoms with Gasteiger partial charge in [-0.3, -0.25) is 4.79 Å². The SMILES string of the molecule is O=C[C@@H]1C/C=C/CCCCCCc2ccccc2C(=O)N1. The van der Waals surface area contributed by atoms with Gasteiger partial charge in [0.1, 0.15) is 6.29 Å². The molecule has 0 bridgehead atoms. The molecule has 0 aliphatic carbocycles. The monoisotopic (exact) mass is 285 g/mol. The van der Waals surface area contributed by atoms with Crippen LogP contribution >= 0.6 is 0 Å². The van der Waals surface area contributed by atoms with Crippen molar-refractivity contribution in [2.45, 2.75) is 51.0 Å². The number of aldehydes is 1. The summed E-state index contributed by atoms with van der Waals surface area (Å²) >= 11 is 0. The second kappa shape index (κ2) is 8.40. The van der Waals surface area contributed by atoms with Crippen LogP contribution in [0.2, 0.25) is 0 Å². The van der Waals surface area contributed by atoms with Crippen molar-refractivity contribution in [2.24, 2.45) is 0 Å². The smallest absolute Gasteiger partial charge is 0.252 e. The molecule has 1 aliphatic heterocycles. The third-order valence-corrected chi connectivity index (χ3v) is 3.87. The summed E-state index contributed by atoms with van der Waals surface area (Å²) in [5.41, 5.74) is 1.78. The van der Waals surface area contributed by atoms with Crippen molar-refractivity contribution in [3.63, 3.8) is 0 Å². The predicted molar refractivity (Wildman–Crippen MR) is 84.3 cm³/mol. The number of aryl methyl sites for hydroxylation is 1. The Hall–Kier alpha value is -1.90. The van der Waals surface area contributed by atoms with Gasteiger partial charge in [0, 0.05) is 5.56 Å². The Morgan fingerprint density at radius 3 is 2.71 bits per heavy atom. The summed E-state index contributed by atoms with van der Waals surface area (Å²) < 4.78 is 0. The van der Waals surface area contributed by atoms with Crippen LogP contribution in [-0.2, 0) is 11.2 Å². The van der Waals surface area contributed by atoms with Crippen LogP contribution in [0.15, 0.2) is 36.4 Å². The summed E-state index contributed by atoms with van der Waals surface area (Å²) in [6.07, 6.45) is 12.2. The minimum absolute atomic E-state index is 0.145. The molecule has 1 aromatic carbocycles. The maximum Gasteiger partial charge on any atom is 0.252 e. The third kappa shape index (κ3) is 4.85. The van der Waals surface area contributed by atoms with E-state index in [0.717, 1.165) is 31.1 Å². The Morgan fingerprint density at radius 1 is 1.05 bits per heavy atom. The maximum atomic E-state index is 12.4. The van der Waals surface area contributed by atoms with Crippen molar-refractivity contribution in [2.75, 3.05) is 0 Å². The second-order valence-corrected chi connectivity index (χ2v) is 5.53. The molecular formula is C18H23NO2. The van der Waals surface area contributed by atoms with Gasteiger partial charge in [0.2, 0.25) is 0 Å². The molecular weight excluding hydrogens is 262 g/mol. The molecule has 1 aromatic rings. The van der Waals surface area contributed by atoms with E-state index in [4.69, 9.17) is 0 Å². The van der Waals surface area contributed by atoms with Crippen molar-refractivity contribution in [3.8, 4) is 0 Å². The fourth-order valence-corrected chi connectivity index (χ4v) is 2.65. The van der Waals surface area contributed by atoms with Crippen LogP contribution in [0.3, 0.4) is 0 Å². The van der Waals surface area contributed by atoms with E-state index >= 15 is 0 Å². The van der Waals surface area contributed by atoms with Gasteiger partial charge in [0.05, 0.1) is 6.04 Å². The number of benzene rings is 1. The standard InChI is InChI=1S/C18H23NO2/c20-14-16-12-7-5-3-1-2-4-6-10-15-11-8-9-13-17(15)18(21)19-16/h5,7-9,11,13-14,16H,1-4,6,10,12H2,(H,19,21)/b7-5+/t16-/m0/s1. The molecule has 21 heavy (non-hydrogen) atoms. The number of hydrogen-bond acceptors (Lipinski definition) is 2. The van der Waals surface area contributed by atoms with E-state index in [1.54, 1.807) is 0 Å². The van der Waals surface area contributed by atoms with Gasteiger partial charge in [0.25, 0.3) is 5.91 Å². The molecule has 112 valence electrons. The molecule has 0 spiro atoms. The number of hydrogen-bond donors (Lipinski definition) is 1. The molecule has 1 aliphatic rings. The van der Waals surface area contributed by atoms with Crippen molar-refractivity contribution < 1.29 is 9.59 Å². The van der Waals surface area contributed by atoms with Gasteiger partial charge in [-0.05, 0) is 43.7 Å². The van der Waals surface area contributed by atoms with E-state index in [1.807, 2.05) is 30.3 Å². The molecule has 0 radical (unpaired) electrons. The minimum Gasteiger partial charge on any atom is -0.342 e. The highest BCUT2D eigenvalue weighted by Gasteiger charge is 2.14. The maximum absolute atomic E-state index is 12.4. The summed E-state index contributed by atoms with van der Waals surface area (Å²) in [6, 6.07) is 7.25. The second-order valence-electron chi connectivity index (χ2n) is 5.53. The normalized spacial score (nSPS) is 22.5. The summed E-state index contributed by atoms with van der Waals surface area (Å²) in [7, 11) is 0. The zero-order chi connectivity index (χ0) is 14.9. The van der Waals surface area contributed by atoms with E-state index in [9.17, 15) is 9.59 Å².